The molecule has 3 rings (SSSR count). The number of benzene rings is 1. The molecule has 2 atom stereocenters. The number of aryl methyl sites for hydroxylation is 2. The second-order valence-electron chi connectivity index (χ2n) is 4.91. The second kappa shape index (κ2) is 4.93. The molecule has 0 amide bonds. The van der Waals surface area contributed by atoms with Crippen LogP contribution in [0.1, 0.15) is 39.5 Å². The highest BCUT2D eigenvalue weighted by Crippen LogP contribution is 2.43. The molecule has 1 unspecified atom stereocenters. The van der Waals surface area contributed by atoms with Crippen LogP contribution in [0.15, 0.2) is 28.7 Å². The number of aliphatic hydroxyl groups is 1. The summed E-state index contributed by atoms with van der Waals surface area (Å²) in [5.74, 6) is 0.787. The first kappa shape index (κ1) is 13.2. The van der Waals surface area contributed by atoms with Crippen molar-refractivity contribution in [3.8, 4) is 5.75 Å². The van der Waals surface area contributed by atoms with Gasteiger partial charge < -0.3 is 9.84 Å². The van der Waals surface area contributed by atoms with Crippen LogP contribution in [0.3, 0.4) is 0 Å². The standard InChI is InChI=1S/C15H15BrO2S/c1-8-5-11(9(2)19-8)15-7-13(17)12-6-10(16)3-4-14(12)18-15/h3-6,13,15,17H,7H2,1-2H3/t13-,15?/m1/s1. The molecule has 100 valence electrons. The molecule has 0 spiro atoms. The Morgan fingerprint density at radius 2 is 2.05 bits per heavy atom. The van der Waals surface area contributed by atoms with Crippen LogP contribution in [-0.2, 0) is 0 Å². The Bertz CT molecular complexity index is 621. The van der Waals surface area contributed by atoms with Crippen molar-refractivity contribution in [2.24, 2.45) is 0 Å². The highest BCUT2D eigenvalue weighted by Gasteiger charge is 2.29. The molecule has 0 bridgehead atoms. The van der Waals surface area contributed by atoms with Crippen molar-refractivity contribution in [2.75, 3.05) is 0 Å². The van der Waals surface area contributed by atoms with Gasteiger partial charge in [0.2, 0.25) is 0 Å². The van der Waals surface area contributed by atoms with E-state index in [1.54, 1.807) is 11.3 Å². The van der Waals surface area contributed by atoms with E-state index in [0.29, 0.717) is 6.42 Å². The van der Waals surface area contributed by atoms with Crippen LogP contribution in [0.25, 0.3) is 0 Å². The van der Waals surface area contributed by atoms with E-state index < -0.39 is 6.10 Å². The van der Waals surface area contributed by atoms with E-state index in [9.17, 15) is 5.11 Å². The van der Waals surface area contributed by atoms with Crippen molar-refractivity contribution in [3.63, 3.8) is 0 Å². The minimum Gasteiger partial charge on any atom is -0.485 e. The summed E-state index contributed by atoms with van der Waals surface area (Å²) >= 11 is 5.21. The van der Waals surface area contributed by atoms with Gasteiger partial charge in [-0.25, -0.2) is 0 Å². The van der Waals surface area contributed by atoms with Crippen molar-refractivity contribution >= 4 is 27.3 Å². The van der Waals surface area contributed by atoms with E-state index in [-0.39, 0.29) is 6.10 Å². The summed E-state index contributed by atoms with van der Waals surface area (Å²) in [6.45, 7) is 4.21. The largest absolute Gasteiger partial charge is 0.485 e. The number of hydrogen-bond donors (Lipinski definition) is 1. The smallest absolute Gasteiger partial charge is 0.128 e. The maximum atomic E-state index is 10.3. The van der Waals surface area contributed by atoms with Gasteiger partial charge in [-0.1, -0.05) is 15.9 Å². The maximum absolute atomic E-state index is 10.3. The van der Waals surface area contributed by atoms with E-state index in [0.717, 1.165) is 15.8 Å². The highest BCUT2D eigenvalue weighted by atomic mass is 79.9. The molecule has 2 nitrogen and oxygen atoms in total. The second-order valence-corrected chi connectivity index (χ2v) is 7.28. The van der Waals surface area contributed by atoms with Gasteiger partial charge in [0.05, 0.1) is 6.10 Å². The first-order valence-electron chi connectivity index (χ1n) is 6.25. The number of thiophene rings is 1. The Kier molecular flexibility index (Phi) is 3.41. The van der Waals surface area contributed by atoms with Crippen molar-refractivity contribution in [2.45, 2.75) is 32.5 Å². The third kappa shape index (κ3) is 2.45. The lowest BCUT2D eigenvalue weighted by atomic mass is 9.95. The van der Waals surface area contributed by atoms with E-state index >= 15 is 0 Å². The predicted octanol–water partition coefficient (Wildman–Crippen LogP) is 4.68. The molecule has 0 fully saturated rings. The average Bonchev–Trinajstić information content (AvgIpc) is 2.69. The summed E-state index contributed by atoms with van der Waals surface area (Å²) in [4.78, 5) is 2.56. The topological polar surface area (TPSA) is 29.5 Å². The fourth-order valence-electron chi connectivity index (χ4n) is 2.58. The monoisotopic (exact) mass is 338 g/mol. The Balaban J connectivity index is 1.97. The van der Waals surface area contributed by atoms with Crippen molar-refractivity contribution in [3.05, 3.63) is 49.6 Å². The normalized spacial score (nSPS) is 21.9. The minimum atomic E-state index is -0.467. The molecular formula is C15H15BrO2S. The van der Waals surface area contributed by atoms with Gasteiger partial charge in [-0.15, -0.1) is 11.3 Å². The molecular weight excluding hydrogens is 324 g/mol. The molecule has 2 aromatic rings. The SMILES string of the molecule is Cc1cc(C2C[C@@H](O)c3cc(Br)ccc3O2)c(C)s1. The van der Waals surface area contributed by atoms with Crippen LogP contribution in [0, 0.1) is 13.8 Å². The fourth-order valence-corrected chi connectivity index (χ4v) is 3.93. The lowest BCUT2D eigenvalue weighted by molar-refractivity contribution is 0.0656. The van der Waals surface area contributed by atoms with E-state index in [2.05, 4.69) is 35.8 Å². The van der Waals surface area contributed by atoms with Crippen molar-refractivity contribution in [1.29, 1.82) is 0 Å². The van der Waals surface area contributed by atoms with Gasteiger partial charge in [-0.2, -0.15) is 0 Å². The summed E-state index contributed by atoms with van der Waals surface area (Å²) in [5.41, 5.74) is 2.07. The molecule has 2 heterocycles. The van der Waals surface area contributed by atoms with Gasteiger partial charge in [0, 0.05) is 31.8 Å². The molecule has 1 N–H and O–H groups in total. The number of halogens is 1. The minimum absolute atomic E-state index is 0.0476. The zero-order valence-corrected chi connectivity index (χ0v) is 13.2. The number of rotatable bonds is 1. The third-order valence-corrected chi connectivity index (χ3v) is 4.94. The van der Waals surface area contributed by atoms with Crippen LogP contribution in [-0.4, -0.2) is 5.11 Å². The Morgan fingerprint density at radius 3 is 2.74 bits per heavy atom. The van der Waals surface area contributed by atoms with E-state index in [4.69, 9.17) is 4.74 Å². The summed E-state index contributed by atoms with van der Waals surface area (Å²) in [7, 11) is 0. The average molecular weight is 339 g/mol. The number of hydrogen-bond acceptors (Lipinski definition) is 3. The molecule has 0 aliphatic carbocycles. The summed E-state index contributed by atoms with van der Waals surface area (Å²) < 4.78 is 7.03. The van der Waals surface area contributed by atoms with Crippen molar-refractivity contribution in [1.82, 2.24) is 0 Å². The van der Waals surface area contributed by atoms with Crippen LogP contribution >= 0.6 is 27.3 Å². The summed E-state index contributed by atoms with van der Waals surface area (Å²) in [6, 6.07) is 7.96. The quantitative estimate of drug-likeness (QED) is 0.817. The van der Waals surface area contributed by atoms with Gasteiger partial charge in [0.25, 0.3) is 0 Å². The number of fused-ring (bicyclic) bond motifs is 1. The Labute approximate surface area is 125 Å². The molecule has 1 aliphatic heterocycles. The molecule has 0 saturated heterocycles. The molecule has 0 radical (unpaired) electrons. The molecule has 19 heavy (non-hydrogen) atoms. The highest BCUT2D eigenvalue weighted by molar-refractivity contribution is 9.10. The van der Waals surface area contributed by atoms with Gasteiger partial charge in [0.1, 0.15) is 11.9 Å². The third-order valence-electron chi connectivity index (χ3n) is 3.46. The molecule has 0 saturated carbocycles. The summed E-state index contributed by atoms with van der Waals surface area (Å²) in [5, 5.41) is 10.3. The van der Waals surface area contributed by atoms with E-state index in [1.807, 2.05) is 18.2 Å². The van der Waals surface area contributed by atoms with E-state index in [1.165, 1.54) is 15.3 Å². The molecule has 4 heteroatoms. The van der Waals surface area contributed by atoms with Gasteiger partial charge in [-0.3, -0.25) is 0 Å². The number of ether oxygens (including phenoxy) is 1. The summed E-state index contributed by atoms with van der Waals surface area (Å²) in [6.07, 6.45) is 0.0972. The van der Waals surface area contributed by atoms with Crippen LogP contribution < -0.4 is 4.74 Å². The van der Waals surface area contributed by atoms with Crippen LogP contribution in [0.5, 0.6) is 5.75 Å². The van der Waals surface area contributed by atoms with Crippen LogP contribution in [0.2, 0.25) is 0 Å². The predicted molar refractivity (Wildman–Crippen MR) is 80.9 cm³/mol. The molecule has 1 aliphatic rings. The van der Waals surface area contributed by atoms with Gasteiger partial charge in [0.15, 0.2) is 0 Å². The van der Waals surface area contributed by atoms with Crippen LogP contribution in [0.4, 0.5) is 0 Å². The Morgan fingerprint density at radius 1 is 1.26 bits per heavy atom. The zero-order chi connectivity index (χ0) is 13.6. The first-order chi connectivity index (χ1) is 9.04. The first-order valence-corrected chi connectivity index (χ1v) is 7.86. The fraction of sp³-hybridized carbons (Fsp3) is 0.333. The van der Waals surface area contributed by atoms with Gasteiger partial charge >= 0.3 is 0 Å². The molecule has 1 aromatic heterocycles. The number of aliphatic hydroxyl groups excluding tert-OH is 1. The molecule has 1 aromatic carbocycles. The van der Waals surface area contributed by atoms with Gasteiger partial charge in [-0.05, 0) is 38.1 Å². The lowest BCUT2D eigenvalue weighted by Gasteiger charge is -2.30. The zero-order valence-electron chi connectivity index (χ0n) is 10.8. The van der Waals surface area contributed by atoms with Crippen molar-refractivity contribution < 1.29 is 9.84 Å². The maximum Gasteiger partial charge on any atom is 0.128 e. The Hall–Kier alpha value is -0.840. The lowest BCUT2D eigenvalue weighted by Crippen LogP contribution is -2.19.